The van der Waals surface area contributed by atoms with Gasteiger partial charge in [0.05, 0.1) is 12.2 Å². The van der Waals surface area contributed by atoms with Crippen LogP contribution in [-0.2, 0) is 10.9 Å². The van der Waals surface area contributed by atoms with Crippen molar-refractivity contribution in [2.75, 3.05) is 11.9 Å². The van der Waals surface area contributed by atoms with E-state index in [0.29, 0.717) is 0 Å². The second-order valence-electron chi connectivity index (χ2n) is 6.64. The van der Waals surface area contributed by atoms with Gasteiger partial charge in [0.25, 0.3) is 0 Å². The molecule has 0 spiro atoms. The van der Waals surface area contributed by atoms with E-state index < -0.39 is 23.7 Å². The summed E-state index contributed by atoms with van der Waals surface area (Å²) in [6.45, 7) is 1.60. The standard InChI is InChI=1S/C19H20F3N3O3/c1-11-15(17(26)27)24-18(19(20,21)22)25-16(11)23-10-13-8-5-9-14(28-13)12-6-3-2-4-7-12/h2-4,6-7,13-14H,5,8-10H2,1H3,(H,26,27)(H,23,24,25). The third kappa shape index (κ3) is 4.59. The Labute approximate surface area is 159 Å². The molecule has 9 heteroatoms. The van der Waals surface area contributed by atoms with Gasteiger partial charge >= 0.3 is 12.1 Å². The Bertz CT molecular complexity index is 844. The number of carboxylic acid groups (broad SMARTS) is 1. The van der Waals surface area contributed by atoms with Crippen LogP contribution < -0.4 is 5.32 Å². The summed E-state index contributed by atoms with van der Waals surface area (Å²) < 4.78 is 45.1. The Kier molecular flexibility index (Phi) is 5.83. The number of carboxylic acids is 1. The highest BCUT2D eigenvalue weighted by Gasteiger charge is 2.37. The zero-order valence-corrected chi connectivity index (χ0v) is 15.2. The number of anilines is 1. The van der Waals surface area contributed by atoms with Gasteiger partial charge in [-0.3, -0.25) is 0 Å². The number of carbonyl (C=O) groups is 1. The summed E-state index contributed by atoms with van der Waals surface area (Å²) in [5.74, 6) is -3.17. The Hall–Kier alpha value is -2.68. The van der Waals surface area contributed by atoms with Gasteiger partial charge in [-0.25, -0.2) is 14.8 Å². The molecule has 1 fully saturated rings. The lowest BCUT2D eigenvalue weighted by Crippen LogP contribution is -2.30. The molecule has 0 radical (unpaired) electrons. The van der Waals surface area contributed by atoms with Crippen LogP contribution in [0.3, 0.4) is 0 Å². The Morgan fingerprint density at radius 2 is 1.96 bits per heavy atom. The lowest BCUT2D eigenvalue weighted by atomic mass is 9.98. The minimum atomic E-state index is -4.84. The minimum absolute atomic E-state index is 0.0518. The fourth-order valence-corrected chi connectivity index (χ4v) is 3.20. The summed E-state index contributed by atoms with van der Waals surface area (Å²) in [6, 6.07) is 9.73. The van der Waals surface area contributed by atoms with Crippen molar-refractivity contribution in [1.29, 1.82) is 0 Å². The van der Waals surface area contributed by atoms with Gasteiger partial charge in [-0.1, -0.05) is 30.3 Å². The zero-order valence-electron chi connectivity index (χ0n) is 15.2. The molecule has 2 aromatic rings. The second-order valence-corrected chi connectivity index (χ2v) is 6.64. The van der Waals surface area contributed by atoms with Crippen molar-refractivity contribution in [3.05, 3.63) is 53.0 Å². The summed E-state index contributed by atoms with van der Waals surface area (Å²) in [5, 5.41) is 12.0. The van der Waals surface area contributed by atoms with E-state index in [1.54, 1.807) is 0 Å². The van der Waals surface area contributed by atoms with Gasteiger partial charge in [0.15, 0.2) is 5.69 Å². The molecule has 0 aliphatic carbocycles. The van der Waals surface area contributed by atoms with Crippen LogP contribution in [-0.4, -0.2) is 33.7 Å². The Morgan fingerprint density at radius 3 is 2.61 bits per heavy atom. The molecule has 0 bridgehead atoms. The van der Waals surface area contributed by atoms with Gasteiger partial charge in [0.2, 0.25) is 5.82 Å². The van der Waals surface area contributed by atoms with Crippen molar-refractivity contribution in [3.63, 3.8) is 0 Å². The Balaban J connectivity index is 1.75. The first kappa shape index (κ1) is 20.1. The summed E-state index contributed by atoms with van der Waals surface area (Å²) >= 11 is 0. The first-order valence-electron chi connectivity index (χ1n) is 8.89. The van der Waals surface area contributed by atoms with Crippen molar-refractivity contribution >= 4 is 11.8 Å². The van der Waals surface area contributed by atoms with Crippen LogP contribution in [0, 0.1) is 6.92 Å². The van der Waals surface area contributed by atoms with Crippen molar-refractivity contribution in [1.82, 2.24) is 9.97 Å². The number of aromatic carboxylic acids is 1. The van der Waals surface area contributed by atoms with Crippen LogP contribution in [0.5, 0.6) is 0 Å². The van der Waals surface area contributed by atoms with Crippen LogP contribution in [0.2, 0.25) is 0 Å². The van der Waals surface area contributed by atoms with Crippen LogP contribution in [0.4, 0.5) is 19.0 Å². The molecular formula is C19H20F3N3O3. The lowest BCUT2D eigenvalue weighted by Gasteiger charge is -2.31. The van der Waals surface area contributed by atoms with Gasteiger partial charge in [-0.15, -0.1) is 0 Å². The van der Waals surface area contributed by atoms with E-state index in [-0.39, 0.29) is 30.1 Å². The first-order valence-corrected chi connectivity index (χ1v) is 8.89. The average molecular weight is 395 g/mol. The smallest absolute Gasteiger partial charge is 0.451 e. The summed E-state index contributed by atoms with van der Waals surface area (Å²) in [6.07, 6.45) is -2.60. The lowest BCUT2D eigenvalue weighted by molar-refractivity contribution is -0.144. The maximum absolute atomic E-state index is 13.0. The third-order valence-electron chi connectivity index (χ3n) is 4.62. The number of rotatable bonds is 5. The quantitative estimate of drug-likeness (QED) is 0.789. The fourth-order valence-electron chi connectivity index (χ4n) is 3.20. The van der Waals surface area contributed by atoms with Crippen molar-refractivity contribution in [2.45, 2.75) is 44.6 Å². The van der Waals surface area contributed by atoms with E-state index in [0.717, 1.165) is 24.8 Å². The summed E-state index contributed by atoms with van der Waals surface area (Å²) in [5.41, 5.74) is 0.436. The molecule has 2 unspecified atom stereocenters. The molecule has 28 heavy (non-hydrogen) atoms. The van der Waals surface area contributed by atoms with Crippen LogP contribution in [0.1, 0.15) is 52.8 Å². The highest BCUT2D eigenvalue weighted by Crippen LogP contribution is 2.32. The predicted molar refractivity (Wildman–Crippen MR) is 95.1 cm³/mol. The van der Waals surface area contributed by atoms with Gasteiger partial charge in [0, 0.05) is 12.1 Å². The van der Waals surface area contributed by atoms with Gasteiger partial charge in [-0.05, 0) is 31.7 Å². The van der Waals surface area contributed by atoms with Gasteiger partial charge in [-0.2, -0.15) is 13.2 Å². The largest absolute Gasteiger partial charge is 0.476 e. The molecule has 6 nitrogen and oxygen atoms in total. The zero-order chi connectivity index (χ0) is 20.3. The normalized spacial score (nSPS) is 20.0. The molecule has 1 aromatic heterocycles. The topological polar surface area (TPSA) is 84.3 Å². The molecule has 2 N–H and O–H groups in total. The summed E-state index contributed by atoms with van der Waals surface area (Å²) in [7, 11) is 0. The van der Waals surface area contributed by atoms with E-state index in [9.17, 15) is 18.0 Å². The molecule has 1 aromatic carbocycles. The van der Waals surface area contributed by atoms with Crippen molar-refractivity contribution < 1.29 is 27.8 Å². The molecule has 0 saturated carbocycles. The number of aromatic nitrogens is 2. The number of hydrogen-bond acceptors (Lipinski definition) is 5. The van der Waals surface area contributed by atoms with Crippen LogP contribution in [0.25, 0.3) is 0 Å². The average Bonchev–Trinajstić information content (AvgIpc) is 2.67. The number of nitrogens with one attached hydrogen (secondary N) is 1. The SMILES string of the molecule is Cc1c(NCC2CCCC(c3ccccc3)O2)nc(C(F)(F)F)nc1C(=O)O. The molecule has 2 heterocycles. The van der Waals surface area contributed by atoms with E-state index in [2.05, 4.69) is 15.3 Å². The number of alkyl halides is 3. The number of halogens is 3. The van der Waals surface area contributed by atoms with Crippen molar-refractivity contribution in [3.8, 4) is 0 Å². The number of nitrogens with zero attached hydrogens (tertiary/aromatic N) is 2. The number of hydrogen-bond donors (Lipinski definition) is 2. The highest BCUT2D eigenvalue weighted by molar-refractivity contribution is 5.88. The number of benzene rings is 1. The fraction of sp³-hybridized carbons (Fsp3) is 0.421. The molecule has 1 aliphatic rings. The highest BCUT2D eigenvalue weighted by atomic mass is 19.4. The molecule has 2 atom stereocenters. The van der Waals surface area contributed by atoms with E-state index in [1.165, 1.54) is 6.92 Å². The monoisotopic (exact) mass is 395 g/mol. The molecule has 1 saturated heterocycles. The van der Waals surface area contributed by atoms with Crippen LogP contribution >= 0.6 is 0 Å². The second kappa shape index (κ2) is 8.14. The maximum atomic E-state index is 13.0. The predicted octanol–water partition coefficient (Wildman–Crippen LogP) is 4.22. The van der Waals surface area contributed by atoms with Gasteiger partial charge < -0.3 is 15.2 Å². The molecule has 3 rings (SSSR count). The van der Waals surface area contributed by atoms with E-state index in [1.807, 2.05) is 30.3 Å². The summed E-state index contributed by atoms with van der Waals surface area (Å²) in [4.78, 5) is 17.9. The van der Waals surface area contributed by atoms with E-state index in [4.69, 9.17) is 9.84 Å². The Morgan fingerprint density at radius 1 is 1.25 bits per heavy atom. The molecular weight excluding hydrogens is 375 g/mol. The van der Waals surface area contributed by atoms with Gasteiger partial charge in [0.1, 0.15) is 5.82 Å². The first-order chi connectivity index (χ1) is 13.3. The molecule has 1 aliphatic heterocycles. The number of ether oxygens (including phenoxy) is 1. The molecule has 0 amide bonds. The minimum Gasteiger partial charge on any atom is -0.476 e. The van der Waals surface area contributed by atoms with Crippen LogP contribution in [0.15, 0.2) is 30.3 Å². The molecule has 150 valence electrons. The maximum Gasteiger partial charge on any atom is 0.451 e. The van der Waals surface area contributed by atoms with Crippen molar-refractivity contribution in [2.24, 2.45) is 0 Å². The van der Waals surface area contributed by atoms with E-state index >= 15 is 0 Å². The third-order valence-corrected chi connectivity index (χ3v) is 4.62.